The molecule has 0 aromatic heterocycles. The molecule has 0 fully saturated rings. The van der Waals surface area contributed by atoms with Crippen molar-refractivity contribution in [3.05, 3.63) is 59.7 Å². The van der Waals surface area contributed by atoms with Crippen molar-refractivity contribution in [2.24, 2.45) is 0 Å². The highest BCUT2D eigenvalue weighted by molar-refractivity contribution is 5.69. The fraction of sp³-hybridized carbons (Fsp3) is 0.176. The summed E-state index contributed by atoms with van der Waals surface area (Å²) in [7, 11) is 0. The molecule has 0 aliphatic carbocycles. The number of rotatable bonds is 2. The van der Waals surface area contributed by atoms with Crippen molar-refractivity contribution in [2.45, 2.75) is 19.0 Å². The number of terminal acetylenes is 1. The summed E-state index contributed by atoms with van der Waals surface area (Å²) < 4.78 is 37.7. The van der Waals surface area contributed by atoms with Crippen LogP contribution in [-0.2, 0) is 6.18 Å². The Morgan fingerprint density at radius 3 is 2.15 bits per heavy atom. The van der Waals surface area contributed by atoms with E-state index in [0.29, 0.717) is 0 Å². The lowest BCUT2D eigenvalue weighted by molar-refractivity contribution is -0.137. The van der Waals surface area contributed by atoms with Crippen LogP contribution >= 0.6 is 0 Å². The smallest absolute Gasteiger partial charge is 0.166 e. The summed E-state index contributed by atoms with van der Waals surface area (Å²) in [6.07, 6.45) is 1.12. The fourth-order valence-electron chi connectivity index (χ4n) is 2.07. The zero-order valence-corrected chi connectivity index (χ0v) is 10.9. The Hall–Kier alpha value is -2.21. The molecule has 1 atom stereocenters. The highest BCUT2D eigenvalue weighted by Gasteiger charge is 2.30. The van der Waals surface area contributed by atoms with Crippen LogP contribution < -0.4 is 0 Å². The molecule has 2 rings (SSSR count). The monoisotopic (exact) mass is 274 g/mol. The lowest BCUT2D eigenvalue weighted by Gasteiger charge is -2.13. The second kappa shape index (κ2) is 5.42. The molecule has 0 N–H and O–H groups in total. The zero-order chi connectivity index (χ0) is 14.8. The first kappa shape index (κ1) is 14.2. The maximum absolute atomic E-state index is 12.6. The van der Waals surface area contributed by atoms with Crippen LogP contribution in [0, 0.1) is 12.3 Å². The molecule has 0 bridgehead atoms. The molecular formula is C17H13F3. The maximum Gasteiger partial charge on any atom is 0.416 e. The van der Waals surface area contributed by atoms with E-state index in [0.717, 1.165) is 28.8 Å². The van der Waals surface area contributed by atoms with Crippen molar-refractivity contribution in [3.8, 4) is 23.5 Å². The SMILES string of the molecule is C#CC(C)c1ccccc1-c1ccc(C(F)(F)F)cc1. The van der Waals surface area contributed by atoms with Gasteiger partial charge in [0.15, 0.2) is 0 Å². The van der Waals surface area contributed by atoms with Gasteiger partial charge < -0.3 is 0 Å². The molecule has 20 heavy (non-hydrogen) atoms. The van der Waals surface area contributed by atoms with E-state index in [-0.39, 0.29) is 5.92 Å². The van der Waals surface area contributed by atoms with Crippen molar-refractivity contribution in [2.75, 3.05) is 0 Å². The van der Waals surface area contributed by atoms with Crippen LogP contribution in [0.3, 0.4) is 0 Å². The van der Waals surface area contributed by atoms with Gasteiger partial charge >= 0.3 is 6.18 Å². The summed E-state index contributed by atoms with van der Waals surface area (Å²) in [5.74, 6) is 2.56. The van der Waals surface area contributed by atoms with E-state index in [4.69, 9.17) is 6.42 Å². The highest BCUT2D eigenvalue weighted by Crippen LogP contribution is 2.33. The predicted molar refractivity (Wildman–Crippen MR) is 74.1 cm³/mol. The molecule has 0 spiro atoms. The van der Waals surface area contributed by atoms with E-state index in [1.165, 1.54) is 12.1 Å². The largest absolute Gasteiger partial charge is 0.416 e. The van der Waals surface area contributed by atoms with Gasteiger partial charge in [0.25, 0.3) is 0 Å². The van der Waals surface area contributed by atoms with Crippen molar-refractivity contribution in [3.63, 3.8) is 0 Å². The first-order valence-corrected chi connectivity index (χ1v) is 6.16. The third-order valence-corrected chi connectivity index (χ3v) is 3.20. The van der Waals surface area contributed by atoms with E-state index < -0.39 is 11.7 Å². The van der Waals surface area contributed by atoms with Gasteiger partial charge in [0.05, 0.1) is 5.56 Å². The average Bonchev–Trinajstić information content (AvgIpc) is 2.45. The summed E-state index contributed by atoms with van der Waals surface area (Å²) in [5, 5.41) is 0. The lowest BCUT2D eigenvalue weighted by Crippen LogP contribution is -2.04. The molecule has 0 aliphatic rings. The van der Waals surface area contributed by atoms with Gasteiger partial charge in [0.2, 0.25) is 0 Å². The quantitative estimate of drug-likeness (QED) is 0.668. The van der Waals surface area contributed by atoms with Gasteiger partial charge in [0, 0.05) is 5.92 Å². The Bertz CT molecular complexity index is 631. The van der Waals surface area contributed by atoms with Crippen LogP contribution in [-0.4, -0.2) is 0 Å². The minimum Gasteiger partial charge on any atom is -0.166 e. The summed E-state index contributed by atoms with van der Waals surface area (Å²) in [4.78, 5) is 0. The van der Waals surface area contributed by atoms with Crippen LogP contribution in [0.25, 0.3) is 11.1 Å². The molecule has 102 valence electrons. The van der Waals surface area contributed by atoms with E-state index in [9.17, 15) is 13.2 Å². The van der Waals surface area contributed by atoms with Crippen molar-refractivity contribution >= 4 is 0 Å². The van der Waals surface area contributed by atoms with Gasteiger partial charge in [-0.3, -0.25) is 0 Å². The van der Waals surface area contributed by atoms with Gasteiger partial charge in [-0.15, -0.1) is 6.42 Å². The van der Waals surface area contributed by atoms with Crippen LogP contribution in [0.5, 0.6) is 0 Å². The number of hydrogen-bond donors (Lipinski definition) is 0. The highest BCUT2D eigenvalue weighted by atomic mass is 19.4. The summed E-state index contributed by atoms with van der Waals surface area (Å²) >= 11 is 0. The summed E-state index contributed by atoms with van der Waals surface area (Å²) in [6, 6.07) is 12.6. The first-order valence-electron chi connectivity index (χ1n) is 6.16. The van der Waals surface area contributed by atoms with Crippen LogP contribution in [0.2, 0.25) is 0 Å². The third-order valence-electron chi connectivity index (χ3n) is 3.20. The number of halogens is 3. The third kappa shape index (κ3) is 2.85. The molecule has 0 saturated carbocycles. The molecule has 0 saturated heterocycles. The molecule has 0 heterocycles. The molecule has 3 heteroatoms. The average molecular weight is 274 g/mol. The number of hydrogen-bond acceptors (Lipinski definition) is 0. The van der Waals surface area contributed by atoms with E-state index in [1.807, 2.05) is 31.2 Å². The van der Waals surface area contributed by atoms with Crippen LogP contribution in [0.15, 0.2) is 48.5 Å². The molecule has 0 nitrogen and oxygen atoms in total. The van der Waals surface area contributed by atoms with Gasteiger partial charge in [-0.05, 0) is 35.7 Å². The number of alkyl halides is 3. The van der Waals surface area contributed by atoms with Gasteiger partial charge in [-0.25, -0.2) is 0 Å². The predicted octanol–water partition coefficient (Wildman–Crippen LogP) is 5.11. The Labute approximate surface area is 116 Å². The molecular weight excluding hydrogens is 261 g/mol. The first-order chi connectivity index (χ1) is 9.43. The Kier molecular flexibility index (Phi) is 3.85. The zero-order valence-electron chi connectivity index (χ0n) is 10.9. The second-order valence-corrected chi connectivity index (χ2v) is 4.55. The minimum atomic E-state index is -4.32. The molecule has 1 unspecified atom stereocenters. The van der Waals surface area contributed by atoms with Gasteiger partial charge in [-0.2, -0.15) is 13.2 Å². The Morgan fingerprint density at radius 1 is 1.00 bits per heavy atom. The summed E-state index contributed by atoms with van der Waals surface area (Å²) in [6.45, 7) is 1.89. The molecule has 2 aromatic carbocycles. The number of benzene rings is 2. The second-order valence-electron chi connectivity index (χ2n) is 4.55. The standard InChI is InChI=1S/C17H13F3/c1-3-12(2)15-6-4-5-7-16(15)13-8-10-14(11-9-13)17(18,19)20/h1,4-12H,2H3. The topological polar surface area (TPSA) is 0 Å². The maximum atomic E-state index is 12.6. The van der Waals surface area contributed by atoms with E-state index >= 15 is 0 Å². The fourth-order valence-corrected chi connectivity index (χ4v) is 2.07. The molecule has 0 radical (unpaired) electrons. The van der Waals surface area contributed by atoms with Gasteiger partial charge in [0.1, 0.15) is 0 Å². The van der Waals surface area contributed by atoms with Crippen molar-refractivity contribution in [1.29, 1.82) is 0 Å². The molecule has 0 amide bonds. The molecule has 0 aliphatic heterocycles. The summed E-state index contributed by atoms with van der Waals surface area (Å²) in [5.41, 5.74) is 1.89. The van der Waals surface area contributed by atoms with Crippen molar-refractivity contribution in [1.82, 2.24) is 0 Å². The lowest BCUT2D eigenvalue weighted by atomic mass is 9.92. The Balaban J connectivity index is 2.46. The van der Waals surface area contributed by atoms with Crippen LogP contribution in [0.4, 0.5) is 13.2 Å². The van der Waals surface area contributed by atoms with Crippen molar-refractivity contribution < 1.29 is 13.2 Å². The minimum absolute atomic E-state index is 0.0894. The van der Waals surface area contributed by atoms with E-state index in [2.05, 4.69) is 5.92 Å². The van der Waals surface area contributed by atoms with Crippen LogP contribution in [0.1, 0.15) is 24.0 Å². The molecule has 2 aromatic rings. The Morgan fingerprint density at radius 2 is 1.60 bits per heavy atom. The van der Waals surface area contributed by atoms with Gasteiger partial charge in [-0.1, -0.05) is 42.3 Å². The normalized spacial score (nSPS) is 12.8. The van der Waals surface area contributed by atoms with E-state index in [1.54, 1.807) is 0 Å².